The molecule has 2 aromatic rings. The van der Waals surface area contributed by atoms with Crippen molar-refractivity contribution in [3.8, 4) is 11.5 Å². The Hall–Kier alpha value is -3.22. The highest BCUT2D eigenvalue weighted by atomic mass is 16.7. The SMILES string of the molecule is CN1CC2Cc3cc4c(cc3C(c3ccc(N)cc3)=NN2C1=O)OCO4. The number of rotatable bonds is 1. The average molecular weight is 350 g/mol. The Balaban J connectivity index is 1.71. The van der Waals surface area contributed by atoms with Gasteiger partial charge in [0, 0.05) is 30.4 Å². The van der Waals surface area contributed by atoms with Gasteiger partial charge in [0.05, 0.1) is 11.8 Å². The molecule has 0 saturated carbocycles. The molecule has 0 aliphatic carbocycles. The fourth-order valence-electron chi connectivity index (χ4n) is 3.72. The van der Waals surface area contributed by atoms with Gasteiger partial charge in [-0.1, -0.05) is 12.1 Å². The Morgan fingerprint density at radius 1 is 1.15 bits per heavy atom. The fraction of sp³-hybridized carbons (Fsp3) is 0.263. The molecule has 1 fully saturated rings. The van der Waals surface area contributed by atoms with Crippen molar-refractivity contribution in [2.45, 2.75) is 12.5 Å². The number of hydrogen-bond donors (Lipinski definition) is 1. The molecule has 2 amide bonds. The summed E-state index contributed by atoms with van der Waals surface area (Å²) in [6.45, 7) is 0.870. The minimum absolute atomic E-state index is 0.00194. The van der Waals surface area contributed by atoms with Gasteiger partial charge < -0.3 is 20.1 Å². The van der Waals surface area contributed by atoms with Crippen LogP contribution in [0.2, 0.25) is 0 Å². The first kappa shape index (κ1) is 15.1. The first-order chi connectivity index (χ1) is 12.6. The summed E-state index contributed by atoms with van der Waals surface area (Å²) in [6.07, 6.45) is 0.712. The molecule has 2 aromatic carbocycles. The molecule has 2 N–H and O–H groups in total. The molecule has 1 unspecified atom stereocenters. The lowest BCUT2D eigenvalue weighted by molar-refractivity contribution is 0.174. The molecular weight excluding hydrogens is 332 g/mol. The third-order valence-corrected chi connectivity index (χ3v) is 5.05. The van der Waals surface area contributed by atoms with Gasteiger partial charge >= 0.3 is 6.03 Å². The van der Waals surface area contributed by atoms with Gasteiger partial charge in [-0.2, -0.15) is 5.10 Å². The van der Waals surface area contributed by atoms with Crippen molar-refractivity contribution in [3.05, 3.63) is 53.1 Å². The van der Waals surface area contributed by atoms with Crippen molar-refractivity contribution in [1.82, 2.24) is 9.91 Å². The number of likely N-dealkylation sites (N-methyl/N-ethyl adjacent to an activating group) is 1. The summed E-state index contributed by atoms with van der Waals surface area (Å²) in [4.78, 5) is 14.3. The molecule has 3 aliphatic rings. The fourth-order valence-corrected chi connectivity index (χ4v) is 3.72. The van der Waals surface area contributed by atoms with Crippen molar-refractivity contribution in [2.75, 3.05) is 26.1 Å². The first-order valence-corrected chi connectivity index (χ1v) is 8.52. The molecule has 7 heteroatoms. The summed E-state index contributed by atoms with van der Waals surface area (Å²) in [5, 5.41) is 6.35. The van der Waals surface area contributed by atoms with Gasteiger partial charge in [0.2, 0.25) is 6.79 Å². The average Bonchev–Trinajstić information content (AvgIpc) is 3.14. The Bertz CT molecular complexity index is 939. The number of hydrazone groups is 1. The normalized spacial score (nSPS) is 20.6. The van der Waals surface area contributed by atoms with Crippen molar-refractivity contribution >= 4 is 17.4 Å². The molecule has 3 aliphatic heterocycles. The number of carbonyl (C=O) groups excluding carboxylic acids is 1. The van der Waals surface area contributed by atoms with Crippen molar-refractivity contribution in [1.29, 1.82) is 0 Å². The van der Waals surface area contributed by atoms with E-state index in [1.165, 1.54) is 0 Å². The number of hydrogen-bond acceptors (Lipinski definition) is 5. The van der Waals surface area contributed by atoms with E-state index in [1.54, 1.807) is 17.0 Å². The highest BCUT2D eigenvalue weighted by Crippen LogP contribution is 2.38. The van der Waals surface area contributed by atoms with E-state index in [0.29, 0.717) is 24.4 Å². The lowest BCUT2D eigenvalue weighted by Crippen LogP contribution is -2.30. The standard InChI is InChI=1S/C19H18N4O3/c1-22-9-14-6-12-7-16-17(26-10-25-16)8-15(12)18(21-23(14)19(22)24)11-2-4-13(20)5-3-11/h2-5,7-8,14H,6,9-10,20H2,1H3. The molecule has 1 saturated heterocycles. The third kappa shape index (κ3) is 2.20. The van der Waals surface area contributed by atoms with E-state index < -0.39 is 0 Å². The van der Waals surface area contributed by atoms with Crippen LogP contribution in [0.3, 0.4) is 0 Å². The van der Waals surface area contributed by atoms with E-state index in [1.807, 2.05) is 36.4 Å². The number of fused-ring (bicyclic) bond motifs is 3. The molecular formula is C19H18N4O3. The molecule has 1 atom stereocenters. The Morgan fingerprint density at radius 2 is 1.88 bits per heavy atom. The highest BCUT2D eigenvalue weighted by molar-refractivity contribution is 6.14. The minimum atomic E-state index is -0.0872. The van der Waals surface area contributed by atoms with Crippen molar-refractivity contribution < 1.29 is 14.3 Å². The van der Waals surface area contributed by atoms with Gasteiger partial charge in [0.1, 0.15) is 0 Å². The van der Waals surface area contributed by atoms with Crippen LogP contribution in [-0.4, -0.2) is 48.1 Å². The summed E-state index contributed by atoms with van der Waals surface area (Å²) in [5.74, 6) is 1.45. The summed E-state index contributed by atoms with van der Waals surface area (Å²) in [7, 11) is 1.80. The second-order valence-corrected chi connectivity index (χ2v) is 6.80. The van der Waals surface area contributed by atoms with Gasteiger partial charge in [-0.3, -0.25) is 0 Å². The molecule has 3 heterocycles. The van der Waals surface area contributed by atoms with E-state index in [2.05, 4.69) is 0 Å². The van der Waals surface area contributed by atoms with Crippen LogP contribution in [0.5, 0.6) is 11.5 Å². The predicted molar refractivity (Wildman–Crippen MR) is 96.4 cm³/mol. The molecule has 0 radical (unpaired) electrons. The molecule has 5 rings (SSSR count). The largest absolute Gasteiger partial charge is 0.454 e. The molecule has 0 aromatic heterocycles. The van der Waals surface area contributed by atoms with Gasteiger partial charge in [0.15, 0.2) is 11.5 Å². The molecule has 7 nitrogen and oxygen atoms in total. The van der Waals surface area contributed by atoms with Crippen LogP contribution >= 0.6 is 0 Å². The van der Waals surface area contributed by atoms with Crippen LogP contribution in [0.1, 0.15) is 16.7 Å². The Morgan fingerprint density at radius 3 is 2.65 bits per heavy atom. The Kier molecular flexibility index (Phi) is 3.12. The Labute approximate surface area is 150 Å². The molecule has 0 bridgehead atoms. The van der Waals surface area contributed by atoms with Gasteiger partial charge in [-0.05, 0) is 36.2 Å². The zero-order valence-electron chi connectivity index (χ0n) is 14.3. The van der Waals surface area contributed by atoms with E-state index >= 15 is 0 Å². The number of nitrogen functional groups attached to an aromatic ring is 1. The zero-order valence-corrected chi connectivity index (χ0v) is 14.3. The molecule has 26 heavy (non-hydrogen) atoms. The maximum Gasteiger partial charge on any atom is 0.340 e. The van der Waals surface area contributed by atoms with Gasteiger partial charge in [0.25, 0.3) is 0 Å². The predicted octanol–water partition coefficient (Wildman–Crippen LogP) is 2.04. The van der Waals surface area contributed by atoms with E-state index in [-0.39, 0.29) is 18.9 Å². The van der Waals surface area contributed by atoms with Crippen molar-refractivity contribution in [2.24, 2.45) is 5.10 Å². The van der Waals surface area contributed by atoms with Gasteiger partial charge in [-0.15, -0.1) is 0 Å². The zero-order chi connectivity index (χ0) is 17.8. The van der Waals surface area contributed by atoms with E-state index in [4.69, 9.17) is 20.3 Å². The van der Waals surface area contributed by atoms with Crippen LogP contribution in [-0.2, 0) is 6.42 Å². The second kappa shape index (κ2) is 5.39. The minimum Gasteiger partial charge on any atom is -0.454 e. The van der Waals surface area contributed by atoms with Crippen LogP contribution in [0.15, 0.2) is 41.5 Å². The monoisotopic (exact) mass is 350 g/mol. The van der Waals surface area contributed by atoms with Crippen molar-refractivity contribution in [3.63, 3.8) is 0 Å². The summed E-state index contributed by atoms with van der Waals surface area (Å²) >= 11 is 0. The molecule has 132 valence electrons. The van der Waals surface area contributed by atoms with E-state index in [0.717, 1.165) is 28.2 Å². The number of carbonyl (C=O) groups is 1. The van der Waals surface area contributed by atoms with Crippen LogP contribution in [0, 0.1) is 0 Å². The summed E-state index contributed by atoms with van der Waals surface area (Å²) < 4.78 is 11.1. The van der Waals surface area contributed by atoms with E-state index in [9.17, 15) is 4.79 Å². The number of nitrogens with zero attached hydrogens (tertiary/aromatic N) is 3. The summed E-state index contributed by atoms with van der Waals surface area (Å²) in [6, 6.07) is 11.4. The quantitative estimate of drug-likeness (QED) is 0.798. The maximum atomic E-state index is 12.6. The maximum absolute atomic E-state index is 12.6. The number of anilines is 1. The number of benzene rings is 2. The van der Waals surface area contributed by atoms with Crippen LogP contribution < -0.4 is 15.2 Å². The molecule has 0 spiro atoms. The number of nitrogens with two attached hydrogens (primary N) is 1. The van der Waals surface area contributed by atoms with Gasteiger partial charge in [-0.25, -0.2) is 9.80 Å². The smallest absolute Gasteiger partial charge is 0.340 e. The lowest BCUT2D eigenvalue weighted by atomic mass is 9.93. The summed E-state index contributed by atoms with van der Waals surface area (Å²) in [5.41, 5.74) is 10.2. The first-order valence-electron chi connectivity index (χ1n) is 8.52. The number of ether oxygens (including phenoxy) is 2. The topological polar surface area (TPSA) is 80.4 Å². The number of urea groups is 1. The van der Waals surface area contributed by atoms with Crippen LogP contribution in [0.4, 0.5) is 10.5 Å². The highest BCUT2D eigenvalue weighted by Gasteiger charge is 2.39. The third-order valence-electron chi connectivity index (χ3n) is 5.05. The lowest BCUT2D eigenvalue weighted by Gasteiger charge is -2.15. The number of amides is 2. The van der Waals surface area contributed by atoms with Crippen LogP contribution in [0.25, 0.3) is 0 Å². The second-order valence-electron chi connectivity index (χ2n) is 6.80.